The van der Waals surface area contributed by atoms with Gasteiger partial charge in [0, 0.05) is 16.8 Å². The molecule has 0 aromatic rings. The summed E-state index contributed by atoms with van der Waals surface area (Å²) in [6.45, 7) is 18.0. The van der Waals surface area contributed by atoms with E-state index >= 15 is 0 Å². The van der Waals surface area contributed by atoms with Gasteiger partial charge in [0.2, 0.25) is 0 Å². The fraction of sp³-hybridized carbons (Fsp3) is 0. The van der Waals surface area contributed by atoms with E-state index in [0.29, 0.717) is 0 Å². The quantitative estimate of drug-likeness (QED) is 0.358. The molecule has 0 atom stereocenters. The Kier molecular flexibility index (Phi) is 4790. The van der Waals surface area contributed by atoms with Crippen molar-refractivity contribution in [2.24, 2.45) is 0 Å². The maximum atomic E-state index is 7.50. The monoisotopic (exact) mass is 171 g/mol. The SMILES string of the molecule is [C-]#[O+].[C-]#[O+].[C-]#[O+].[C-]#[O+].[Co]. The standard InChI is InChI=1S/4CO.Co/c4*1-2;. The molecule has 0 saturated heterocycles. The van der Waals surface area contributed by atoms with E-state index in [-0.39, 0.29) is 16.8 Å². The molecular weight excluding hydrogens is 171 g/mol. The molecule has 49 valence electrons. The van der Waals surface area contributed by atoms with Crippen LogP contribution in [-0.2, 0) is 35.4 Å². The van der Waals surface area contributed by atoms with Crippen molar-refractivity contribution in [3.63, 3.8) is 0 Å². The molecule has 0 fully saturated rings. The molecule has 9 heavy (non-hydrogen) atoms. The van der Waals surface area contributed by atoms with Gasteiger partial charge in [0.15, 0.2) is 0 Å². The third-order valence-corrected chi connectivity index (χ3v) is 0. The van der Waals surface area contributed by atoms with Crippen LogP contribution < -0.4 is 0 Å². The second-order valence-corrected chi connectivity index (χ2v) is 0. The van der Waals surface area contributed by atoms with Crippen molar-refractivity contribution in [2.45, 2.75) is 0 Å². The fourth-order valence-corrected chi connectivity index (χ4v) is 0. The topological polar surface area (TPSA) is 79.6 Å². The van der Waals surface area contributed by atoms with Gasteiger partial charge in [0.1, 0.15) is 0 Å². The summed E-state index contributed by atoms with van der Waals surface area (Å²) in [5.41, 5.74) is 0. The van der Waals surface area contributed by atoms with Gasteiger partial charge in [-0.3, -0.25) is 0 Å². The van der Waals surface area contributed by atoms with Crippen LogP contribution in [0, 0.1) is 26.6 Å². The van der Waals surface area contributed by atoms with Crippen molar-refractivity contribution in [3.8, 4) is 0 Å². The molecule has 0 aliphatic heterocycles. The first-order valence-corrected chi connectivity index (χ1v) is 0.816. The van der Waals surface area contributed by atoms with Crippen molar-refractivity contribution in [3.05, 3.63) is 26.6 Å². The summed E-state index contributed by atoms with van der Waals surface area (Å²) >= 11 is 0. The molecule has 0 aliphatic carbocycles. The predicted molar refractivity (Wildman–Crippen MR) is 15.7 cm³/mol. The first-order chi connectivity index (χ1) is 4.00. The summed E-state index contributed by atoms with van der Waals surface area (Å²) in [4.78, 5) is 0. The van der Waals surface area contributed by atoms with E-state index in [1.54, 1.807) is 0 Å². The van der Waals surface area contributed by atoms with Crippen LogP contribution in [0.25, 0.3) is 0 Å². The summed E-state index contributed by atoms with van der Waals surface area (Å²) < 4.78 is 30.0. The van der Waals surface area contributed by atoms with Crippen LogP contribution in [-0.4, -0.2) is 0 Å². The Balaban J connectivity index is -0.00000000762. The molecule has 0 aromatic carbocycles. The smallest absolute Gasteiger partial charge is 0 e. The molecular formula is C4CoO4. The third-order valence-electron chi connectivity index (χ3n) is 0. The molecule has 0 N–H and O–H groups in total. The van der Waals surface area contributed by atoms with Crippen molar-refractivity contribution >= 4 is 0 Å². The minimum Gasteiger partial charge on any atom is 0 e. The van der Waals surface area contributed by atoms with Crippen LogP contribution in [0.3, 0.4) is 0 Å². The van der Waals surface area contributed by atoms with Gasteiger partial charge < -0.3 is 0 Å². The molecule has 0 aromatic heterocycles. The molecule has 1 radical (unpaired) electrons. The van der Waals surface area contributed by atoms with E-state index in [2.05, 4.69) is 26.6 Å². The summed E-state index contributed by atoms with van der Waals surface area (Å²) in [7, 11) is 0. The van der Waals surface area contributed by atoms with Crippen molar-refractivity contribution in [1.82, 2.24) is 0 Å². The number of rotatable bonds is 0. The average molecular weight is 171 g/mol. The number of hydrogen-bond acceptors (Lipinski definition) is 0. The Morgan fingerprint density at radius 2 is 0.444 bits per heavy atom. The molecule has 5 heteroatoms. The normalized spacial score (nSPS) is 0.889. The zero-order chi connectivity index (χ0) is 8.00. The molecule has 0 spiro atoms. The van der Waals surface area contributed by atoms with Crippen LogP contribution in [0.5, 0.6) is 0 Å². The van der Waals surface area contributed by atoms with Crippen LogP contribution >= 0.6 is 0 Å². The maximum absolute atomic E-state index is 7.50. The molecule has 0 aliphatic rings. The van der Waals surface area contributed by atoms with Crippen LogP contribution in [0.1, 0.15) is 0 Å². The minimum atomic E-state index is 0. The van der Waals surface area contributed by atoms with E-state index in [4.69, 9.17) is 18.6 Å². The molecule has 0 heterocycles. The van der Waals surface area contributed by atoms with Crippen molar-refractivity contribution in [1.29, 1.82) is 0 Å². The summed E-state index contributed by atoms with van der Waals surface area (Å²) in [5.74, 6) is 0. The molecule has 0 amide bonds. The van der Waals surface area contributed by atoms with Gasteiger partial charge in [-0.25, -0.2) is 0 Å². The second kappa shape index (κ2) is 1100. The van der Waals surface area contributed by atoms with Gasteiger partial charge >= 0.3 is 45.2 Å². The first kappa shape index (κ1) is 39.3. The second-order valence-electron chi connectivity index (χ2n) is 0. The molecule has 0 bridgehead atoms. The van der Waals surface area contributed by atoms with Gasteiger partial charge in [0.05, 0.1) is 0 Å². The van der Waals surface area contributed by atoms with Crippen LogP contribution in [0.2, 0.25) is 0 Å². The molecule has 0 rings (SSSR count). The predicted octanol–water partition coefficient (Wildman–Crippen LogP) is -0.153. The minimum absolute atomic E-state index is 0. The summed E-state index contributed by atoms with van der Waals surface area (Å²) in [6, 6.07) is 0. The van der Waals surface area contributed by atoms with Gasteiger partial charge in [-0.1, -0.05) is 0 Å². The molecule has 0 unspecified atom stereocenters. The van der Waals surface area contributed by atoms with E-state index < -0.39 is 0 Å². The Labute approximate surface area is 62.7 Å². The summed E-state index contributed by atoms with van der Waals surface area (Å²) in [5, 5.41) is 0. The first-order valence-electron chi connectivity index (χ1n) is 0.816. The van der Waals surface area contributed by atoms with Gasteiger partial charge in [-0.15, -0.1) is 0 Å². The van der Waals surface area contributed by atoms with E-state index in [1.807, 2.05) is 0 Å². The average Bonchev–Trinajstić information content (AvgIpc) is 2.03. The van der Waals surface area contributed by atoms with Crippen LogP contribution in [0.4, 0.5) is 0 Å². The fourth-order valence-electron chi connectivity index (χ4n) is 0. The van der Waals surface area contributed by atoms with Gasteiger partial charge in [0.25, 0.3) is 0 Å². The van der Waals surface area contributed by atoms with Crippen LogP contribution in [0.15, 0.2) is 0 Å². The van der Waals surface area contributed by atoms with E-state index in [0.717, 1.165) is 0 Å². The Morgan fingerprint density at radius 3 is 0.444 bits per heavy atom. The molecule has 0 saturated carbocycles. The molecule has 4 nitrogen and oxygen atoms in total. The third kappa shape index (κ3) is 784. The van der Waals surface area contributed by atoms with E-state index in [1.165, 1.54) is 0 Å². The Morgan fingerprint density at radius 1 is 0.444 bits per heavy atom. The van der Waals surface area contributed by atoms with Crippen molar-refractivity contribution < 1.29 is 35.4 Å². The zero-order valence-electron chi connectivity index (χ0n) is 3.97. The van der Waals surface area contributed by atoms with Gasteiger partial charge in [-0.2, -0.15) is 0 Å². The largest absolute Gasteiger partial charge is 0 e. The Bertz CT molecular complexity index is 55.5. The Hall–Kier alpha value is -0.534. The number of hydrogen-bond donors (Lipinski definition) is 0. The van der Waals surface area contributed by atoms with Crippen molar-refractivity contribution in [2.75, 3.05) is 0 Å². The maximum Gasteiger partial charge on any atom is 0 e. The summed E-state index contributed by atoms with van der Waals surface area (Å²) in [6.07, 6.45) is 0. The zero-order valence-corrected chi connectivity index (χ0v) is 5.01. The van der Waals surface area contributed by atoms with E-state index in [9.17, 15) is 0 Å². The van der Waals surface area contributed by atoms with Gasteiger partial charge in [-0.05, 0) is 0 Å².